The Labute approximate surface area is 122 Å². The number of nitrogen functional groups attached to an aromatic ring is 1. The summed E-state index contributed by atoms with van der Waals surface area (Å²) in [6.07, 6.45) is 1.14. The molecule has 106 valence electrons. The molecule has 0 saturated carbocycles. The van der Waals surface area contributed by atoms with Gasteiger partial charge < -0.3 is 10.6 Å². The molecule has 2 heteroatoms. The summed E-state index contributed by atoms with van der Waals surface area (Å²) in [5.41, 5.74) is 10.4. The molecule has 0 radical (unpaired) electrons. The monoisotopic (exact) mass is 268 g/mol. The molecule has 0 spiro atoms. The molecule has 2 N–H and O–H groups in total. The lowest BCUT2D eigenvalue weighted by Crippen LogP contribution is -2.16. The van der Waals surface area contributed by atoms with Gasteiger partial charge in [0.2, 0.25) is 0 Å². The molecule has 0 amide bonds. The van der Waals surface area contributed by atoms with Crippen LogP contribution in [0.5, 0.6) is 0 Å². The molecule has 0 atom stereocenters. The number of nitrogens with zero attached hydrogens (tertiary/aromatic N) is 1. The number of hydrogen-bond donors (Lipinski definition) is 1. The van der Waals surface area contributed by atoms with Crippen molar-refractivity contribution in [2.45, 2.75) is 26.8 Å². The molecule has 2 rings (SSSR count). The first kappa shape index (κ1) is 14.4. The van der Waals surface area contributed by atoms with Crippen molar-refractivity contribution in [2.75, 3.05) is 17.7 Å². The van der Waals surface area contributed by atoms with Gasteiger partial charge in [0.1, 0.15) is 0 Å². The van der Waals surface area contributed by atoms with Crippen molar-refractivity contribution in [2.24, 2.45) is 5.92 Å². The topological polar surface area (TPSA) is 29.3 Å². The van der Waals surface area contributed by atoms with Crippen LogP contribution in [-0.2, 0) is 13.0 Å². The summed E-state index contributed by atoms with van der Waals surface area (Å²) in [7, 11) is 2.12. The zero-order chi connectivity index (χ0) is 14.5. The summed E-state index contributed by atoms with van der Waals surface area (Å²) < 4.78 is 0. The third-order valence-electron chi connectivity index (χ3n) is 3.42. The van der Waals surface area contributed by atoms with Crippen LogP contribution in [-0.4, -0.2) is 7.05 Å². The Bertz CT molecular complexity index is 526. The Morgan fingerprint density at radius 2 is 1.45 bits per heavy atom. The average molecular weight is 268 g/mol. The molecule has 0 aliphatic heterocycles. The maximum Gasteiger partial charge on any atom is 0.0426 e. The fraction of sp³-hybridized carbons (Fsp3) is 0.333. The van der Waals surface area contributed by atoms with E-state index in [1.54, 1.807) is 0 Å². The predicted octanol–water partition coefficient (Wildman–Crippen LogP) is 4.10. The van der Waals surface area contributed by atoms with Crippen molar-refractivity contribution in [1.29, 1.82) is 0 Å². The van der Waals surface area contributed by atoms with Crippen molar-refractivity contribution >= 4 is 11.4 Å². The summed E-state index contributed by atoms with van der Waals surface area (Å²) in [5, 5.41) is 0. The Morgan fingerprint density at radius 1 is 0.900 bits per heavy atom. The molecule has 0 bridgehead atoms. The first-order valence-electron chi connectivity index (χ1n) is 7.19. The molecule has 2 aromatic carbocycles. The van der Waals surface area contributed by atoms with Gasteiger partial charge in [-0.1, -0.05) is 38.1 Å². The summed E-state index contributed by atoms with van der Waals surface area (Å²) >= 11 is 0. The lowest BCUT2D eigenvalue weighted by atomic mass is 10.0. The maximum absolute atomic E-state index is 5.71. The Kier molecular flexibility index (Phi) is 4.67. The number of rotatable bonds is 5. The van der Waals surface area contributed by atoms with E-state index in [0.29, 0.717) is 5.92 Å². The number of anilines is 2. The van der Waals surface area contributed by atoms with Crippen LogP contribution in [0.15, 0.2) is 48.5 Å². The van der Waals surface area contributed by atoms with E-state index in [0.717, 1.165) is 18.7 Å². The van der Waals surface area contributed by atoms with E-state index in [-0.39, 0.29) is 0 Å². The largest absolute Gasteiger partial charge is 0.399 e. The minimum atomic E-state index is 0.702. The van der Waals surface area contributed by atoms with Crippen LogP contribution in [0, 0.1) is 5.92 Å². The van der Waals surface area contributed by atoms with E-state index in [9.17, 15) is 0 Å². The van der Waals surface area contributed by atoms with Gasteiger partial charge >= 0.3 is 0 Å². The minimum Gasteiger partial charge on any atom is -0.399 e. The first-order chi connectivity index (χ1) is 9.54. The van der Waals surface area contributed by atoms with Crippen LogP contribution in [0.2, 0.25) is 0 Å². The fourth-order valence-corrected chi connectivity index (χ4v) is 2.35. The molecule has 20 heavy (non-hydrogen) atoms. The van der Waals surface area contributed by atoms with Gasteiger partial charge in [-0.25, -0.2) is 0 Å². The minimum absolute atomic E-state index is 0.702. The van der Waals surface area contributed by atoms with Crippen LogP contribution >= 0.6 is 0 Å². The van der Waals surface area contributed by atoms with Gasteiger partial charge in [0, 0.05) is 25.0 Å². The lowest BCUT2D eigenvalue weighted by Gasteiger charge is -2.20. The Hall–Kier alpha value is -1.96. The second-order valence-electron chi connectivity index (χ2n) is 5.86. The summed E-state index contributed by atoms with van der Waals surface area (Å²) in [4.78, 5) is 2.25. The quantitative estimate of drug-likeness (QED) is 0.827. The van der Waals surface area contributed by atoms with Crippen molar-refractivity contribution < 1.29 is 0 Å². The van der Waals surface area contributed by atoms with Gasteiger partial charge in [-0.15, -0.1) is 0 Å². The van der Waals surface area contributed by atoms with Gasteiger partial charge in [0.25, 0.3) is 0 Å². The normalized spacial score (nSPS) is 10.8. The highest BCUT2D eigenvalue weighted by Crippen LogP contribution is 2.18. The lowest BCUT2D eigenvalue weighted by molar-refractivity contribution is 0.647. The van der Waals surface area contributed by atoms with Crippen LogP contribution in [0.4, 0.5) is 11.4 Å². The summed E-state index contributed by atoms with van der Waals surface area (Å²) in [5.74, 6) is 0.702. The molecule has 0 aliphatic rings. The van der Waals surface area contributed by atoms with Crippen molar-refractivity contribution in [3.05, 3.63) is 59.7 Å². The first-order valence-corrected chi connectivity index (χ1v) is 7.19. The van der Waals surface area contributed by atoms with Crippen LogP contribution < -0.4 is 10.6 Å². The molecule has 0 fully saturated rings. The summed E-state index contributed by atoms with van der Waals surface area (Å²) in [6.45, 7) is 5.39. The molecule has 2 nitrogen and oxygen atoms in total. The summed E-state index contributed by atoms with van der Waals surface area (Å²) in [6, 6.07) is 16.9. The van der Waals surface area contributed by atoms with E-state index in [2.05, 4.69) is 62.2 Å². The molecular weight excluding hydrogens is 244 g/mol. The van der Waals surface area contributed by atoms with E-state index < -0.39 is 0 Å². The van der Waals surface area contributed by atoms with Gasteiger partial charge in [-0.3, -0.25) is 0 Å². The fourth-order valence-electron chi connectivity index (χ4n) is 2.35. The third kappa shape index (κ3) is 4.02. The smallest absolute Gasteiger partial charge is 0.0426 e. The van der Waals surface area contributed by atoms with Crippen LogP contribution in [0.3, 0.4) is 0 Å². The van der Waals surface area contributed by atoms with Gasteiger partial charge in [-0.05, 0) is 47.7 Å². The third-order valence-corrected chi connectivity index (χ3v) is 3.42. The Balaban J connectivity index is 2.01. The highest BCUT2D eigenvalue weighted by molar-refractivity contribution is 5.48. The molecule has 0 aromatic heterocycles. The highest BCUT2D eigenvalue weighted by Gasteiger charge is 2.03. The molecule has 0 aliphatic carbocycles. The average Bonchev–Trinajstić information content (AvgIpc) is 2.41. The maximum atomic E-state index is 5.71. The van der Waals surface area contributed by atoms with E-state index in [4.69, 9.17) is 5.73 Å². The van der Waals surface area contributed by atoms with Crippen LogP contribution in [0.25, 0.3) is 0 Å². The van der Waals surface area contributed by atoms with Crippen molar-refractivity contribution in [3.8, 4) is 0 Å². The van der Waals surface area contributed by atoms with Gasteiger partial charge in [-0.2, -0.15) is 0 Å². The number of benzene rings is 2. The van der Waals surface area contributed by atoms with Crippen LogP contribution in [0.1, 0.15) is 25.0 Å². The van der Waals surface area contributed by atoms with Gasteiger partial charge in [0.15, 0.2) is 0 Å². The molecular formula is C18H24N2. The highest BCUT2D eigenvalue weighted by atomic mass is 15.1. The zero-order valence-electron chi connectivity index (χ0n) is 12.6. The number of hydrogen-bond acceptors (Lipinski definition) is 2. The van der Waals surface area contributed by atoms with E-state index in [1.807, 2.05) is 12.1 Å². The van der Waals surface area contributed by atoms with E-state index >= 15 is 0 Å². The molecule has 0 heterocycles. The SMILES string of the molecule is CC(C)Cc1ccc(N(C)Cc2ccc(N)cc2)cc1. The van der Waals surface area contributed by atoms with Crippen molar-refractivity contribution in [1.82, 2.24) is 0 Å². The zero-order valence-corrected chi connectivity index (χ0v) is 12.6. The Morgan fingerprint density at radius 3 is 2.00 bits per heavy atom. The number of nitrogens with two attached hydrogens (primary N) is 1. The molecule has 0 unspecified atom stereocenters. The standard InChI is InChI=1S/C18H24N2/c1-14(2)12-15-6-10-18(11-7-15)20(3)13-16-4-8-17(19)9-5-16/h4-11,14H,12-13,19H2,1-3H3. The van der Waals surface area contributed by atoms with Crippen molar-refractivity contribution in [3.63, 3.8) is 0 Å². The molecule has 2 aromatic rings. The predicted molar refractivity (Wildman–Crippen MR) is 87.9 cm³/mol. The second kappa shape index (κ2) is 6.47. The molecule has 0 saturated heterocycles. The second-order valence-corrected chi connectivity index (χ2v) is 5.86. The van der Waals surface area contributed by atoms with E-state index in [1.165, 1.54) is 16.8 Å². The van der Waals surface area contributed by atoms with Gasteiger partial charge in [0.05, 0.1) is 0 Å².